The van der Waals surface area contributed by atoms with Crippen molar-refractivity contribution < 1.29 is 0 Å². The van der Waals surface area contributed by atoms with Gasteiger partial charge in [-0.15, -0.1) is 0 Å². The van der Waals surface area contributed by atoms with E-state index in [1.54, 1.807) is 0 Å². The summed E-state index contributed by atoms with van der Waals surface area (Å²) >= 11 is 0. The topological polar surface area (TPSA) is 48.0 Å². The molecule has 4 aromatic carbocycles. The van der Waals surface area contributed by atoms with E-state index in [-0.39, 0.29) is 0 Å². The molecule has 0 atom stereocenters. The lowest BCUT2D eigenvalue weighted by Crippen LogP contribution is -2.06. The summed E-state index contributed by atoms with van der Waals surface area (Å²) in [4.78, 5) is 15.2. The minimum Gasteiger partial charge on any atom is -0.306 e. The van der Waals surface area contributed by atoms with Crippen LogP contribution in [0.2, 0.25) is 0 Å². The Labute approximate surface area is 229 Å². The van der Waals surface area contributed by atoms with Crippen LogP contribution in [0.5, 0.6) is 0 Å². The van der Waals surface area contributed by atoms with Gasteiger partial charge in [0.15, 0.2) is 11.6 Å². The fourth-order valence-electron chi connectivity index (χ4n) is 6.25. The van der Waals surface area contributed by atoms with Gasteiger partial charge in [0.2, 0.25) is 5.95 Å². The lowest BCUT2D eigenvalue weighted by Gasteiger charge is -2.11. The predicted molar refractivity (Wildman–Crippen MR) is 162 cm³/mol. The van der Waals surface area contributed by atoms with Crippen molar-refractivity contribution in [2.24, 2.45) is 0 Å². The maximum atomic E-state index is 5.12. The molecule has 5 aromatic heterocycles. The van der Waals surface area contributed by atoms with Gasteiger partial charge >= 0.3 is 0 Å². The van der Waals surface area contributed by atoms with E-state index in [9.17, 15) is 0 Å². The number of para-hydroxylation sites is 1. The molecule has 0 fully saturated rings. The molecule has 0 amide bonds. The van der Waals surface area contributed by atoms with Gasteiger partial charge < -0.3 is 4.40 Å². The van der Waals surface area contributed by atoms with E-state index in [0.717, 1.165) is 22.2 Å². The number of pyridine rings is 1. The van der Waals surface area contributed by atoms with Crippen LogP contribution in [0.3, 0.4) is 0 Å². The van der Waals surface area contributed by atoms with Gasteiger partial charge in [0.1, 0.15) is 0 Å². The first-order valence-corrected chi connectivity index (χ1v) is 13.4. The Kier molecular flexibility index (Phi) is 4.27. The average Bonchev–Trinajstić information content (AvgIpc) is 3.66. The molecule has 0 aliphatic rings. The summed E-state index contributed by atoms with van der Waals surface area (Å²) in [5.74, 6) is 1.91. The van der Waals surface area contributed by atoms with E-state index in [4.69, 9.17) is 15.0 Å². The molecule has 0 spiro atoms. The second-order valence-corrected chi connectivity index (χ2v) is 10.1. The first kappa shape index (κ1) is 21.4. The van der Waals surface area contributed by atoms with Crippen molar-refractivity contribution in [2.45, 2.75) is 0 Å². The number of hydrogen-bond donors (Lipinski definition) is 0. The minimum absolute atomic E-state index is 0.608. The van der Waals surface area contributed by atoms with Gasteiger partial charge in [0.05, 0.1) is 27.6 Å². The van der Waals surface area contributed by atoms with E-state index in [1.807, 2.05) is 60.7 Å². The Morgan fingerprint density at radius 2 is 0.950 bits per heavy atom. The molecule has 0 unspecified atom stereocenters. The first-order chi connectivity index (χ1) is 19.9. The second-order valence-electron chi connectivity index (χ2n) is 10.1. The Balaban J connectivity index is 1.49. The van der Waals surface area contributed by atoms with E-state index in [1.165, 1.54) is 38.1 Å². The van der Waals surface area contributed by atoms with Crippen molar-refractivity contribution in [1.82, 2.24) is 23.9 Å². The third kappa shape index (κ3) is 2.83. The maximum Gasteiger partial charge on any atom is 0.238 e. The number of hydrogen-bond acceptors (Lipinski definition) is 3. The molecule has 0 aliphatic carbocycles. The number of fused-ring (bicyclic) bond motifs is 8. The minimum atomic E-state index is 0.608. The molecular weight excluding hydrogens is 490 g/mol. The van der Waals surface area contributed by atoms with E-state index < -0.39 is 0 Å². The Morgan fingerprint density at radius 3 is 1.65 bits per heavy atom. The van der Waals surface area contributed by atoms with Crippen molar-refractivity contribution in [1.29, 1.82) is 0 Å². The normalized spacial score (nSPS) is 12.0. The van der Waals surface area contributed by atoms with Crippen molar-refractivity contribution in [3.63, 3.8) is 0 Å². The summed E-state index contributed by atoms with van der Waals surface area (Å²) in [5, 5.41) is 4.86. The van der Waals surface area contributed by atoms with Gasteiger partial charge in [-0.05, 0) is 18.2 Å². The highest BCUT2D eigenvalue weighted by Gasteiger charge is 2.25. The third-order valence-electron chi connectivity index (χ3n) is 7.91. The molecule has 9 rings (SSSR count). The number of rotatable bonds is 3. The van der Waals surface area contributed by atoms with Crippen LogP contribution in [0.25, 0.3) is 77.9 Å². The molecule has 5 heteroatoms. The molecule has 0 saturated carbocycles. The van der Waals surface area contributed by atoms with Crippen LogP contribution in [0.15, 0.2) is 127 Å². The molecular formula is C35H21N5. The lowest BCUT2D eigenvalue weighted by molar-refractivity contribution is 0.955. The summed E-state index contributed by atoms with van der Waals surface area (Å²) in [5.41, 5.74) is 7.67. The molecule has 186 valence electrons. The van der Waals surface area contributed by atoms with Gasteiger partial charge in [0, 0.05) is 32.7 Å². The molecule has 0 N–H and O–H groups in total. The van der Waals surface area contributed by atoms with E-state index in [2.05, 4.69) is 75.7 Å². The van der Waals surface area contributed by atoms with Gasteiger partial charge in [0.25, 0.3) is 0 Å². The summed E-state index contributed by atoms with van der Waals surface area (Å²) in [6.07, 6.45) is 0. The van der Waals surface area contributed by atoms with Crippen LogP contribution in [-0.4, -0.2) is 23.9 Å². The van der Waals surface area contributed by atoms with E-state index >= 15 is 0 Å². The third-order valence-corrected chi connectivity index (χ3v) is 7.91. The van der Waals surface area contributed by atoms with Crippen molar-refractivity contribution in [3.05, 3.63) is 127 Å². The molecule has 0 bridgehead atoms. The highest BCUT2D eigenvalue weighted by atomic mass is 15.2. The number of benzene rings is 4. The molecule has 0 radical (unpaired) electrons. The lowest BCUT2D eigenvalue weighted by atomic mass is 10.1. The zero-order chi connectivity index (χ0) is 26.2. The predicted octanol–water partition coefficient (Wildman–Crippen LogP) is 8.30. The SMILES string of the molecule is c1ccc(-c2nc(-c3ccccc3)nc(-n3c4ccccc4c4c3c3c5ccccc5c5cccc4n53)n2)cc1. The van der Waals surface area contributed by atoms with Crippen LogP contribution in [0.4, 0.5) is 0 Å². The maximum absolute atomic E-state index is 5.12. The zero-order valence-electron chi connectivity index (χ0n) is 21.4. The van der Waals surface area contributed by atoms with Gasteiger partial charge in [-0.25, -0.2) is 4.98 Å². The fraction of sp³-hybridized carbons (Fsp3) is 0. The smallest absolute Gasteiger partial charge is 0.238 e. The zero-order valence-corrected chi connectivity index (χ0v) is 21.4. The summed E-state index contributed by atoms with van der Waals surface area (Å²) in [6, 6.07) is 44.1. The molecule has 5 nitrogen and oxygen atoms in total. The molecule has 0 saturated heterocycles. The van der Waals surface area contributed by atoms with Crippen molar-refractivity contribution >= 4 is 49.1 Å². The van der Waals surface area contributed by atoms with Crippen LogP contribution in [-0.2, 0) is 0 Å². The Hall–Kier alpha value is -5.55. The number of nitrogens with zero attached hydrogens (tertiary/aromatic N) is 5. The molecule has 9 aromatic rings. The van der Waals surface area contributed by atoms with E-state index in [0.29, 0.717) is 17.6 Å². The first-order valence-electron chi connectivity index (χ1n) is 13.4. The van der Waals surface area contributed by atoms with Crippen molar-refractivity contribution in [3.8, 4) is 28.7 Å². The highest BCUT2D eigenvalue weighted by molar-refractivity contribution is 6.29. The Morgan fingerprint density at radius 1 is 0.400 bits per heavy atom. The molecule has 40 heavy (non-hydrogen) atoms. The summed E-state index contributed by atoms with van der Waals surface area (Å²) < 4.78 is 4.63. The second kappa shape index (κ2) is 7.98. The van der Waals surface area contributed by atoms with Crippen LogP contribution in [0, 0.1) is 0 Å². The summed E-state index contributed by atoms with van der Waals surface area (Å²) in [7, 11) is 0. The van der Waals surface area contributed by atoms with Crippen LogP contribution >= 0.6 is 0 Å². The monoisotopic (exact) mass is 511 g/mol. The fourth-order valence-corrected chi connectivity index (χ4v) is 6.25. The van der Waals surface area contributed by atoms with Crippen molar-refractivity contribution in [2.75, 3.05) is 0 Å². The van der Waals surface area contributed by atoms with Crippen LogP contribution < -0.4 is 0 Å². The van der Waals surface area contributed by atoms with Gasteiger partial charge in [-0.2, -0.15) is 9.97 Å². The number of aromatic nitrogens is 5. The standard InChI is InChI=1S/C35H21N5/c1-3-12-22(13-4-1)33-36-34(23-14-5-2-6-15-23)38-35(37-33)40-28-19-10-9-18-26(28)30-29-21-11-20-27-24-16-7-8-17-25(24)31(32(30)40)39(27)29/h1-21H. The van der Waals surface area contributed by atoms with Gasteiger partial charge in [-0.1, -0.05) is 109 Å². The summed E-state index contributed by atoms with van der Waals surface area (Å²) in [6.45, 7) is 0. The van der Waals surface area contributed by atoms with Crippen LogP contribution in [0.1, 0.15) is 0 Å². The largest absolute Gasteiger partial charge is 0.306 e. The molecule has 5 heterocycles. The molecule has 0 aliphatic heterocycles. The average molecular weight is 512 g/mol. The quantitative estimate of drug-likeness (QED) is 0.240. The van der Waals surface area contributed by atoms with Gasteiger partial charge in [-0.3, -0.25) is 4.57 Å². The highest BCUT2D eigenvalue weighted by Crippen LogP contribution is 2.44. The Bertz CT molecular complexity index is 2310.